The largest absolute Gasteiger partial charge is 0.353 e. The van der Waals surface area contributed by atoms with Gasteiger partial charge >= 0.3 is 0 Å². The molecule has 2 aliphatic carbocycles. The fourth-order valence-corrected chi connectivity index (χ4v) is 5.37. The highest BCUT2D eigenvalue weighted by Crippen LogP contribution is 2.28. The second-order valence-corrected chi connectivity index (χ2v) is 9.82. The van der Waals surface area contributed by atoms with Gasteiger partial charge in [-0.25, -0.2) is 8.42 Å². The average molecular weight is 482 g/mol. The highest BCUT2D eigenvalue weighted by molar-refractivity contribution is 14.0. The molecule has 4 rings (SSSR count). The number of halogens is 1. The third-order valence-corrected chi connectivity index (χ3v) is 7.12. The van der Waals surface area contributed by atoms with Gasteiger partial charge in [-0.2, -0.15) is 0 Å². The maximum atomic E-state index is 12.4. The van der Waals surface area contributed by atoms with Gasteiger partial charge in [-0.1, -0.05) is 0 Å². The molecule has 0 bridgehead atoms. The Balaban J connectivity index is 0.00000182. The summed E-state index contributed by atoms with van der Waals surface area (Å²) in [5.41, 5.74) is 0. The monoisotopic (exact) mass is 482 g/mol. The summed E-state index contributed by atoms with van der Waals surface area (Å²) in [7, 11) is -2.86. The van der Waals surface area contributed by atoms with Crippen molar-refractivity contribution in [2.75, 3.05) is 37.7 Å². The average Bonchev–Trinajstić information content (AvgIpc) is 3.43. The normalized spacial score (nSPS) is 29.5. The summed E-state index contributed by atoms with van der Waals surface area (Å²) in [5.74, 6) is 1.65. The first kappa shape index (κ1) is 19.2. The van der Waals surface area contributed by atoms with Crippen LogP contribution in [0.2, 0.25) is 0 Å². The predicted molar refractivity (Wildman–Crippen MR) is 107 cm³/mol. The molecule has 4 aliphatic rings. The van der Waals surface area contributed by atoms with Crippen molar-refractivity contribution in [3.8, 4) is 0 Å². The van der Waals surface area contributed by atoms with Crippen molar-refractivity contribution in [1.29, 1.82) is 0 Å². The maximum Gasteiger partial charge on any atom is 0.242 e. The lowest BCUT2D eigenvalue weighted by atomic mass is 10.1. The van der Waals surface area contributed by atoms with Crippen LogP contribution in [0.25, 0.3) is 0 Å². The van der Waals surface area contributed by atoms with Crippen molar-refractivity contribution in [2.45, 2.75) is 44.2 Å². The number of guanidine groups is 1. The fourth-order valence-electron chi connectivity index (χ4n) is 3.52. The Bertz CT molecular complexity index is 646. The van der Waals surface area contributed by atoms with Gasteiger partial charge in [0.05, 0.1) is 18.1 Å². The smallest absolute Gasteiger partial charge is 0.242 e. The van der Waals surface area contributed by atoms with Crippen LogP contribution in [0.4, 0.5) is 0 Å². The molecule has 142 valence electrons. The van der Waals surface area contributed by atoms with Crippen LogP contribution in [0.15, 0.2) is 4.99 Å². The summed E-state index contributed by atoms with van der Waals surface area (Å²) in [4.78, 5) is 21.1. The topological polar surface area (TPSA) is 82.1 Å². The van der Waals surface area contributed by atoms with Crippen LogP contribution in [-0.2, 0) is 14.6 Å². The molecular weight excluding hydrogens is 455 g/mol. The molecule has 25 heavy (non-hydrogen) atoms. The first-order valence-corrected chi connectivity index (χ1v) is 10.9. The van der Waals surface area contributed by atoms with E-state index in [1.54, 1.807) is 0 Å². The van der Waals surface area contributed by atoms with E-state index in [0.717, 1.165) is 44.7 Å². The predicted octanol–water partition coefficient (Wildman–Crippen LogP) is 0.454. The molecule has 4 fully saturated rings. The number of amides is 1. The lowest BCUT2D eigenvalue weighted by Crippen LogP contribution is -2.56. The second-order valence-electron chi connectivity index (χ2n) is 7.59. The molecule has 1 atom stereocenters. The zero-order valence-corrected chi connectivity index (χ0v) is 17.5. The van der Waals surface area contributed by atoms with Crippen molar-refractivity contribution in [3.05, 3.63) is 0 Å². The minimum absolute atomic E-state index is 0. The maximum absolute atomic E-state index is 12.4. The summed E-state index contributed by atoms with van der Waals surface area (Å²) < 4.78 is 23.2. The van der Waals surface area contributed by atoms with Gasteiger partial charge in [-0.3, -0.25) is 9.79 Å². The van der Waals surface area contributed by atoms with Crippen molar-refractivity contribution in [1.82, 2.24) is 15.1 Å². The summed E-state index contributed by atoms with van der Waals surface area (Å²) >= 11 is 0. The van der Waals surface area contributed by atoms with Gasteiger partial charge in [0.2, 0.25) is 5.91 Å². The minimum Gasteiger partial charge on any atom is -0.353 e. The Kier molecular flexibility index (Phi) is 5.81. The summed E-state index contributed by atoms with van der Waals surface area (Å²) in [5, 5.41) is 3.44. The summed E-state index contributed by atoms with van der Waals surface area (Å²) in [6, 6.07) is 0.938. The summed E-state index contributed by atoms with van der Waals surface area (Å²) in [6.07, 6.45) is 5.28. The summed E-state index contributed by atoms with van der Waals surface area (Å²) in [6.45, 7) is 2.50. The van der Waals surface area contributed by atoms with E-state index in [0.29, 0.717) is 31.6 Å². The number of carbonyl (C=O) groups excluding carboxylic acids is 1. The molecule has 0 radical (unpaired) electrons. The quantitative estimate of drug-likeness (QED) is 0.358. The van der Waals surface area contributed by atoms with E-state index in [9.17, 15) is 13.2 Å². The zero-order chi connectivity index (χ0) is 16.7. The van der Waals surface area contributed by atoms with Crippen LogP contribution in [0, 0.1) is 5.92 Å². The molecule has 0 aromatic heterocycles. The zero-order valence-electron chi connectivity index (χ0n) is 14.4. The lowest BCUT2D eigenvalue weighted by Gasteiger charge is -2.36. The number of piperazine rings is 1. The molecule has 2 aliphatic heterocycles. The van der Waals surface area contributed by atoms with Crippen molar-refractivity contribution in [3.63, 3.8) is 0 Å². The standard InChI is InChI=1S/C16H26N4O3S.HI/c21-15-10-19(6-7-20(15)14-3-4-14)16(18-13-1-2-13)17-9-12-5-8-24(22,23)11-12;/h12-14H,1-11H2,(H,17,18);1H. The van der Waals surface area contributed by atoms with Crippen molar-refractivity contribution >= 4 is 45.7 Å². The number of sulfone groups is 1. The highest BCUT2D eigenvalue weighted by atomic mass is 127. The molecular formula is C16H27IN4O3S. The van der Waals surface area contributed by atoms with E-state index in [2.05, 4.69) is 5.32 Å². The Labute approximate surface area is 166 Å². The van der Waals surface area contributed by atoms with Gasteiger partial charge in [-0.05, 0) is 38.0 Å². The molecule has 2 saturated carbocycles. The molecule has 1 N–H and O–H groups in total. The van der Waals surface area contributed by atoms with Gasteiger partial charge in [0.15, 0.2) is 15.8 Å². The van der Waals surface area contributed by atoms with E-state index in [4.69, 9.17) is 4.99 Å². The van der Waals surface area contributed by atoms with Crippen molar-refractivity contribution < 1.29 is 13.2 Å². The van der Waals surface area contributed by atoms with E-state index in [1.807, 2.05) is 9.80 Å². The Morgan fingerprint density at radius 3 is 2.48 bits per heavy atom. The molecule has 0 aromatic rings. The number of nitrogens with zero attached hydrogens (tertiary/aromatic N) is 3. The Morgan fingerprint density at radius 1 is 1.16 bits per heavy atom. The van der Waals surface area contributed by atoms with Crippen LogP contribution in [0.5, 0.6) is 0 Å². The van der Waals surface area contributed by atoms with Crippen LogP contribution >= 0.6 is 24.0 Å². The number of hydrogen-bond acceptors (Lipinski definition) is 4. The van der Waals surface area contributed by atoms with E-state index in [-0.39, 0.29) is 47.3 Å². The second kappa shape index (κ2) is 7.58. The molecule has 1 amide bonds. The van der Waals surface area contributed by atoms with Gasteiger partial charge < -0.3 is 15.1 Å². The molecule has 2 heterocycles. The fraction of sp³-hybridized carbons (Fsp3) is 0.875. The highest BCUT2D eigenvalue weighted by Gasteiger charge is 2.37. The molecule has 0 spiro atoms. The lowest BCUT2D eigenvalue weighted by molar-refractivity contribution is -0.135. The van der Waals surface area contributed by atoms with E-state index in [1.165, 1.54) is 0 Å². The molecule has 9 heteroatoms. The number of hydrogen-bond donors (Lipinski definition) is 1. The molecule has 1 unspecified atom stereocenters. The minimum atomic E-state index is -2.86. The number of nitrogens with one attached hydrogen (secondary N) is 1. The van der Waals surface area contributed by atoms with Crippen LogP contribution in [-0.4, -0.2) is 79.9 Å². The van der Waals surface area contributed by atoms with E-state index >= 15 is 0 Å². The first-order chi connectivity index (χ1) is 11.5. The van der Waals surface area contributed by atoms with Crippen LogP contribution in [0.3, 0.4) is 0 Å². The number of carbonyl (C=O) groups is 1. The third kappa shape index (κ3) is 4.99. The first-order valence-electron chi connectivity index (χ1n) is 9.06. The van der Waals surface area contributed by atoms with E-state index < -0.39 is 9.84 Å². The van der Waals surface area contributed by atoms with Gasteiger partial charge in [0.25, 0.3) is 0 Å². The van der Waals surface area contributed by atoms with Gasteiger partial charge in [-0.15, -0.1) is 24.0 Å². The van der Waals surface area contributed by atoms with Gasteiger partial charge in [0, 0.05) is 31.7 Å². The van der Waals surface area contributed by atoms with Crippen molar-refractivity contribution in [2.24, 2.45) is 10.9 Å². The third-order valence-electron chi connectivity index (χ3n) is 5.28. The SMILES string of the molecule is I.O=C1CN(C(=NCC2CCS(=O)(=O)C2)NC2CC2)CCN1C1CC1. The number of rotatable bonds is 4. The number of aliphatic imine (C=N–C) groups is 1. The van der Waals surface area contributed by atoms with Crippen LogP contribution < -0.4 is 5.32 Å². The molecule has 7 nitrogen and oxygen atoms in total. The Hall–Kier alpha value is -0.580. The molecule has 2 saturated heterocycles. The van der Waals surface area contributed by atoms with Gasteiger partial charge in [0.1, 0.15) is 0 Å². The van der Waals surface area contributed by atoms with Crippen LogP contribution in [0.1, 0.15) is 32.1 Å². The molecule has 0 aromatic carbocycles. The Morgan fingerprint density at radius 2 is 1.92 bits per heavy atom.